The maximum Gasteiger partial charge on any atom is 0.129 e. The Morgan fingerprint density at radius 1 is 1.18 bits per heavy atom. The van der Waals surface area contributed by atoms with Crippen LogP contribution in [0.5, 0.6) is 0 Å². The van der Waals surface area contributed by atoms with Gasteiger partial charge in [-0.05, 0) is 19.1 Å². The van der Waals surface area contributed by atoms with Crippen LogP contribution < -0.4 is 0 Å². The van der Waals surface area contributed by atoms with E-state index in [1.54, 1.807) is 23.5 Å². The first-order valence-corrected chi connectivity index (χ1v) is 8.66. The van der Waals surface area contributed by atoms with Crippen molar-refractivity contribution in [3.63, 3.8) is 0 Å². The molecule has 0 bridgehead atoms. The second-order valence-corrected chi connectivity index (χ2v) is 7.08. The van der Waals surface area contributed by atoms with Crippen molar-refractivity contribution in [2.75, 3.05) is 26.2 Å². The molecule has 1 aliphatic heterocycles. The van der Waals surface area contributed by atoms with Gasteiger partial charge in [0.1, 0.15) is 5.82 Å². The molecule has 1 fully saturated rings. The summed E-state index contributed by atoms with van der Waals surface area (Å²) >= 11 is 7.80. The van der Waals surface area contributed by atoms with Crippen molar-refractivity contribution < 1.29 is 4.39 Å². The molecule has 22 heavy (non-hydrogen) atoms. The highest BCUT2D eigenvalue weighted by Crippen LogP contribution is 2.21. The van der Waals surface area contributed by atoms with Gasteiger partial charge in [-0.3, -0.25) is 9.80 Å². The normalized spacial score (nSPS) is 17.0. The van der Waals surface area contributed by atoms with Crippen molar-refractivity contribution in [3.8, 4) is 0 Å². The number of aromatic nitrogens is 1. The minimum atomic E-state index is -0.215. The van der Waals surface area contributed by atoms with Gasteiger partial charge in [-0.15, -0.1) is 11.3 Å². The summed E-state index contributed by atoms with van der Waals surface area (Å²) in [6.07, 6.45) is 0. The Labute approximate surface area is 139 Å². The van der Waals surface area contributed by atoms with Crippen LogP contribution in [0.25, 0.3) is 0 Å². The van der Waals surface area contributed by atoms with Crippen LogP contribution in [0.4, 0.5) is 4.39 Å². The van der Waals surface area contributed by atoms with Crippen LogP contribution in [0.3, 0.4) is 0 Å². The molecule has 2 heterocycles. The van der Waals surface area contributed by atoms with Crippen molar-refractivity contribution in [1.29, 1.82) is 0 Å². The summed E-state index contributed by atoms with van der Waals surface area (Å²) in [5, 5.41) is 3.75. The van der Waals surface area contributed by atoms with Crippen molar-refractivity contribution >= 4 is 22.9 Å². The molecule has 118 valence electrons. The Kier molecular flexibility index (Phi) is 5.08. The van der Waals surface area contributed by atoms with E-state index < -0.39 is 0 Å². The summed E-state index contributed by atoms with van der Waals surface area (Å²) in [6, 6.07) is 4.87. The first kappa shape index (κ1) is 15.9. The molecule has 0 N–H and O–H groups in total. The smallest absolute Gasteiger partial charge is 0.129 e. The number of piperazine rings is 1. The van der Waals surface area contributed by atoms with Gasteiger partial charge in [0.25, 0.3) is 0 Å². The van der Waals surface area contributed by atoms with Crippen LogP contribution in [0.1, 0.15) is 16.3 Å². The topological polar surface area (TPSA) is 19.4 Å². The molecule has 3 rings (SSSR count). The molecule has 0 unspecified atom stereocenters. The van der Waals surface area contributed by atoms with Gasteiger partial charge >= 0.3 is 0 Å². The Morgan fingerprint density at radius 2 is 1.86 bits per heavy atom. The number of thiazole rings is 1. The lowest BCUT2D eigenvalue weighted by Crippen LogP contribution is -2.45. The number of benzene rings is 1. The van der Waals surface area contributed by atoms with Crippen molar-refractivity contribution in [2.24, 2.45) is 0 Å². The molecular formula is C16H19ClFN3S. The van der Waals surface area contributed by atoms with Crippen molar-refractivity contribution in [1.82, 2.24) is 14.8 Å². The van der Waals surface area contributed by atoms with E-state index in [1.165, 1.54) is 6.07 Å². The van der Waals surface area contributed by atoms with E-state index in [0.717, 1.165) is 43.4 Å². The molecule has 3 nitrogen and oxygen atoms in total. The number of halogens is 2. The second kappa shape index (κ2) is 7.04. The van der Waals surface area contributed by atoms with E-state index in [9.17, 15) is 4.39 Å². The highest BCUT2D eigenvalue weighted by Gasteiger charge is 2.19. The van der Waals surface area contributed by atoms with Crippen LogP contribution >= 0.6 is 22.9 Å². The lowest BCUT2D eigenvalue weighted by Gasteiger charge is -2.34. The number of rotatable bonds is 4. The van der Waals surface area contributed by atoms with E-state index in [0.29, 0.717) is 17.1 Å². The zero-order valence-corrected chi connectivity index (χ0v) is 14.1. The summed E-state index contributed by atoms with van der Waals surface area (Å²) in [7, 11) is 0. The molecule has 0 aliphatic carbocycles. The quantitative estimate of drug-likeness (QED) is 0.849. The summed E-state index contributed by atoms with van der Waals surface area (Å²) in [6.45, 7) is 7.31. The van der Waals surface area contributed by atoms with Gasteiger partial charge in [0.2, 0.25) is 0 Å². The molecule has 0 radical (unpaired) electrons. The van der Waals surface area contributed by atoms with Crippen molar-refractivity contribution in [2.45, 2.75) is 20.0 Å². The van der Waals surface area contributed by atoms with Crippen LogP contribution in [0.15, 0.2) is 23.6 Å². The van der Waals surface area contributed by atoms with E-state index in [-0.39, 0.29) is 5.82 Å². The van der Waals surface area contributed by atoms with Crippen molar-refractivity contribution in [3.05, 3.63) is 50.7 Å². The Bertz CT molecular complexity index is 618. The summed E-state index contributed by atoms with van der Waals surface area (Å²) in [4.78, 5) is 9.16. The number of aryl methyl sites for hydroxylation is 1. The third-order valence-electron chi connectivity index (χ3n) is 3.96. The van der Waals surface area contributed by atoms with Crippen LogP contribution in [-0.2, 0) is 13.1 Å². The van der Waals surface area contributed by atoms with E-state index in [2.05, 4.69) is 20.2 Å². The molecule has 1 aliphatic rings. The minimum Gasteiger partial charge on any atom is -0.296 e. The molecule has 1 aromatic heterocycles. The lowest BCUT2D eigenvalue weighted by atomic mass is 10.2. The summed E-state index contributed by atoms with van der Waals surface area (Å²) < 4.78 is 13.8. The molecule has 1 saturated heterocycles. The van der Waals surface area contributed by atoms with Gasteiger partial charge in [-0.2, -0.15) is 0 Å². The van der Waals surface area contributed by atoms with E-state index >= 15 is 0 Å². The highest BCUT2D eigenvalue weighted by atomic mass is 35.5. The lowest BCUT2D eigenvalue weighted by molar-refractivity contribution is 0.120. The van der Waals surface area contributed by atoms with Gasteiger partial charge in [0, 0.05) is 55.2 Å². The predicted molar refractivity (Wildman–Crippen MR) is 88.8 cm³/mol. The van der Waals surface area contributed by atoms with Gasteiger partial charge in [-0.25, -0.2) is 9.37 Å². The molecule has 2 aromatic rings. The maximum atomic E-state index is 13.8. The Morgan fingerprint density at radius 3 is 2.45 bits per heavy atom. The largest absolute Gasteiger partial charge is 0.296 e. The maximum absolute atomic E-state index is 13.8. The Hall–Kier alpha value is -1.01. The minimum absolute atomic E-state index is 0.215. The summed E-state index contributed by atoms with van der Waals surface area (Å²) in [5.41, 5.74) is 1.75. The summed E-state index contributed by atoms with van der Waals surface area (Å²) in [5.74, 6) is -0.215. The fraction of sp³-hybridized carbons (Fsp3) is 0.438. The molecule has 0 atom stereocenters. The fourth-order valence-electron chi connectivity index (χ4n) is 2.72. The van der Waals surface area contributed by atoms with E-state index in [1.807, 2.05) is 6.92 Å². The number of hydrogen-bond acceptors (Lipinski definition) is 4. The molecule has 0 amide bonds. The zero-order valence-electron chi connectivity index (χ0n) is 12.6. The van der Waals surface area contributed by atoms with Crippen LogP contribution in [0, 0.1) is 12.7 Å². The van der Waals surface area contributed by atoms with Crippen LogP contribution in [-0.4, -0.2) is 41.0 Å². The second-order valence-electron chi connectivity index (χ2n) is 5.61. The standard InChI is InChI=1S/C16H19ClFN3S/c1-12-19-13(11-22-12)9-20-5-7-21(8-6-20)10-14-15(17)3-2-4-16(14)18/h2-4,11H,5-10H2,1H3. The average Bonchev–Trinajstić information content (AvgIpc) is 2.90. The van der Waals surface area contributed by atoms with E-state index in [4.69, 9.17) is 11.6 Å². The average molecular weight is 340 g/mol. The molecule has 0 spiro atoms. The third-order valence-corrected chi connectivity index (χ3v) is 5.14. The highest BCUT2D eigenvalue weighted by molar-refractivity contribution is 7.09. The first-order chi connectivity index (χ1) is 10.6. The molecule has 6 heteroatoms. The monoisotopic (exact) mass is 339 g/mol. The SMILES string of the molecule is Cc1nc(CN2CCN(Cc3c(F)cccc3Cl)CC2)cs1. The first-order valence-electron chi connectivity index (χ1n) is 7.40. The Balaban J connectivity index is 1.53. The molecular weight excluding hydrogens is 321 g/mol. The van der Waals surface area contributed by atoms with Gasteiger partial charge in [0.05, 0.1) is 10.7 Å². The predicted octanol–water partition coefficient (Wildman–Crippen LogP) is 3.56. The zero-order chi connectivity index (χ0) is 15.5. The molecule has 1 aromatic carbocycles. The number of nitrogens with zero attached hydrogens (tertiary/aromatic N) is 3. The van der Waals surface area contributed by atoms with Gasteiger partial charge in [0.15, 0.2) is 0 Å². The number of hydrogen-bond donors (Lipinski definition) is 0. The van der Waals surface area contributed by atoms with Gasteiger partial charge in [-0.1, -0.05) is 17.7 Å². The molecule has 0 saturated carbocycles. The third kappa shape index (κ3) is 3.84. The fourth-order valence-corrected chi connectivity index (χ4v) is 3.55. The van der Waals surface area contributed by atoms with Crippen LogP contribution in [0.2, 0.25) is 5.02 Å². The van der Waals surface area contributed by atoms with Gasteiger partial charge < -0.3 is 0 Å².